The van der Waals surface area contributed by atoms with E-state index in [4.69, 9.17) is 4.52 Å². The van der Waals surface area contributed by atoms with Crippen molar-refractivity contribution < 1.29 is 9.45 Å². The van der Waals surface area contributed by atoms with Gasteiger partial charge in [0.2, 0.25) is 5.82 Å². The van der Waals surface area contributed by atoms with Crippen LogP contribution in [0, 0.1) is 17.0 Å². The van der Waals surface area contributed by atoms with Gasteiger partial charge in [-0.3, -0.25) is 10.1 Å². The molecule has 27 heavy (non-hydrogen) atoms. The van der Waals surface area contributed by atoms with Crippen molar-refractivity contribution in [2.75, 3.05) is 18.0 Å². The van der Waals surface area contributed by atoms with Crippen molar-refractivity contribution in [3.05, 3.63) is 69.7 Å². The zero-order valence-corrected chi connectivity index (χ0v) is 14.7. The molecule has 0 bridgehead atoms. The van der Waals surface area contributed by atoms with Crippen LogP contribution in [0.5, 0.6) is 0 Å². The fourth-order valence-electron chi connectivity index (χ4n) is 3.07. The quantitative estimate of drug-likeness (QED) is 0.515. The Morgan fingerprint density at radius 2 is 2.00 bits per heavy atom. The molecule has 0 N–H and O–H groups in total. The average Bonchev–Trinajstić information content (AvgIpc) is 3.32. The van der Waals surface area contributed by atoms with Crippen LogP contribution in [0.4, 0.5) is 11.5 Å². The number of hydrogen-bond donors (Lipinski definition) is 0. The van der Waals surface area contributed by atoms with Gasteiger partial charge < -0.3 is 9.42 Å². The Labute approximate surface area is 155 Å². The van der Waals surface area contributed by atoms with Crippen molar-refractivity contribution in [3.8, 4) is 11.5 Å². The van der Waals surface area contributed by atoms with Gasteiger partial charge in [-0.05, 0) is 43.2 Å². The van der Waals surface area contributed by atoms with E-state index in [1.54, 1.807) is 6.07 Å². The summed E-state index contributed by atoms with van der Waals surface area (Å²) in [6.45, 7) is 3.03. The van der Waals surface area contributed by atoms with E-state index in [0.717, 1.165) is 23.3 Å². The SMILES string of the molecule is Cc1ccc([N+](=O)[O-])c(N2CC/C(=C/c3noc(-c4ccccc4)n3)C2)n1. The maximum Gasteiger partial charge on any atom is 0.311 e. The lowest BCUT2D eigenvalue weighted by atomic mass is 10.2. The lowest BCUT2D eigenvalue weighted by Gasteiger charge is -2.16. The molecule has 136 valence electrons. The number of rotatable bonds is 4. The predicted octanol–water partition coefficient (Wildman–Crippen LogP) is 3.64. The molecule has 0 saturated carbocycles. The normalized spacial score (nSPS) is 15.4. The molecule has 1 aliphatic rings. The Morgan fingerprint density at radius 3 is 2.78 bits per heavy atom. The first-order valence-electron chi connectivity index (χ1n) is 8.56. The minimum absolute atomic E-state index is 0.0211. The molecule has 1 aliphatic heterocycles. The van der Waals surface area contributed by atoms with Crippen LogP contribution in [-0.2, 0) is 0 Å². The molecule has 0 aliphatic carbocycles. The number of aromatic nitrogens is 3. The van der Waals surface area contributed by atoms with E-state index in [9.17, 15) is 10.1 Å². The molecule has 3 heterocycles. The highest BCUT2D eigenvalue weighted by atomic mass is 16.6. The molecule has 4 rings (SSSR count). The molecule has 0 radical (unpaired) electrons. The van der Waals surface area contributed by atoms with E-state index in [1.165, 1.54) is 6.07 Å². The van der Waals surface area contributed by atoms with E-state index >= 15 is 0 Å². The summed E-state index contributed by atoms with van der Waals surface area (Å²) in [6.07, 6.45) is 2.64. The van der Waals surface area contributed by atoms with Crippen molar-refractivity contribution in [3.63, 3.8) is 0 Å². The molecule has 0 atom stereocenters. The number of nitrogens with zero attached hydrogens (tertiary/aromatic N) is 5. The topological polar surface area (TPSA) is 98.2 Å². The van der Waals surface area contributed by atoms with Gasteiger partial charge in [0.1, 0.15) is 0 Å². The maximum absolute atomic E-state index is 11.3. The van der Waals surface area contributed by atoms with Crippen molar-refractivity contribution >= 4 is 17.6 Å². The van der Waals surface area contributed by atoms with Crippen LogP contribution < -0.4 is 4.90 Å². The maximum atomic E-state index is 11.3. The van der Waals surface area contributed by atoms with Crippen LogP contribution in [0.2, 0.25) is 0 Å². The molecule has 1 fully saturated rings. The van der Waals surface area contributed by atoms with Crippen molar-refractivity contribution in [1.82, 2.24) is 15.1 Å². The van der Waals surface area contributed by atoms with Crippen LogP contribution >= 0.6 is 0 Å². The summed E-state index contributed by atoms with van der Waals surface area (Å²) >= 11 is 0. The number of aryl methyl sites for hydroxylation is 1. The Bertz CT molecular complexity index is 1010. The lowest BCUT2D eigenvalue weighted by molar-refractivity contribution is -0.384. The highest BCUT2D eigenvalue weighted by Gasteiger charge is 2.26. The second-order valence-corrected chi connectivity index (χ2v) is 6.35. The zero-order valence-electron chi connectivity index (χ0n) is 14.7. The Balaban J connectivity index is 1.55. The summed E-state index contributed by atoms with van der Waals surface area (Å²) in [5.41, 5.74) is 2.71. The van der Waals surface area contributed by atoms with Gasteiger partial charge in [0.05, 0.1) is 4.92 Å². The van der Waals surface area contributed by atoms with Gasteiger partial charge in [0.25, 0.3) is 5.89 Å². The van der Waals surface area contributed by atoms with Crippen molar-refractivity contribution in [2.45, 2.75) is 13.3 Å². The van der Waals surface area contributed by atoms with Gasteiger partial charge in [-0.25, -0.2) is 4.98 Å². The van der Waals surface area contributed by atoms with Crippen molar-refractivity contribution in [2.24, 2.45) is 0 Å². The molecule has 1 saturated heterocycles. The van der Waals surface area contributed by atoms with Crippen LogP contribution in [0.3, 0.4) is 0 Å². The fourth-order valence-corrected chi connectivity index (χ4v) is 3.07. The molecular formula is C19H17N5O3. The summed E-state index contributed by atoms with van der Waals surface area (Å²) in [7, 11) is 0. The molecule has 8 heteroatoms. The third-order valence-corrected chi connectivity index (χ3v) is 4.38. The highest BCUT2D eigenvalue weighted by molar-refractivity contribution is 5.62. The molecule has 2 aromatic heterocycles. The smallest absolute Gasteiger partial charge is 0.311 e. The van der Waals surface area contributed by atoms with E-state index in [1.807, 2.05) is 48.2 Å². The van der Waals surface area contributed by atoms with Crippen LogP contribution in [0.25, 0.3) is 17.5 Å². The number of benzene rings is 1. The second kappa shape index (κ2) is 6.99. The Kier molecular flexibility index (Phi) is 4.37. The molecule has 0 unspecified atom stereocenters. The van der Waals surface area contributed by atoms with E-state index in [0.29, 0.717) is 30.6 Å². The van der Waals surface area contributed by atoms with Gasteiger partial charge in [-0.2, -0.15) is 4.98 Å². The monoisotopic (exact) mass is 363 g/mol. The lowest BCUT2D eigenvalue weighted by Crippen LogP contribution is -2.21. The number of nitro groups is 1. The van der Waals surface area contributed by atoms with Crippen molar-refractivity contribution in [1.29, 1.82) is 0 Å². The van der Waals surface area contributed by atoms with Gasteiger partial charge in [0.15, 0.2) is 5.82 Å². The fraction of sp³-hybridized carbons (Fsp3) is 0.211. The van der Waals surface area contributed by atoms with E-state index < -0.39 is 4.92 Å². The summed E-state index contributed by atoms with van der Waals surface area (Å²) in [5.74, 6) is 1.37. The molecule has 3 aromatic rings. The summed E-state index contributed by atoms with van der Waals surface area (Å²) < 4.78 is 5.32. The highest BCUT2D eigenvalue weighted by Crippen LogP contribution is 2.31. The van der Waals surface area contributed by atoms with E-state index in [2.05, 4.69) is 15.1 Å². The first-order valence-corrected chi connectivity index (χ1v) is 8.56. The number of pyridine rings is 1. The third-order valence-electron chi connectivity index (χ3n) is 4.38. The third kappa shape index (κ3) is 3.55. The van der Waals surface area contributed by atoms with Gasteiger partial charge in [-0.15, -0.1) is 0 Å². The minimum atomic E-state index is -0.394. The summed E-state index contributed by atoms with van der Waals surface area (Å²) in [6, 6.07) is 12.7. The second-order valence-electron chi connectivity index (χ2n) is 6.35. The molecule has 0 amide bonds. The summed E-state index contributed by atoms with van der Waals surface area (Å²) in [4.78, 5) is 21.6. The first-order chi connectivity index (χ1) is 13.1. The molecule has 8 nitrogen and oxygen atoms in total. The molecular weight excluding hydrogens is 346 g/mol. The van der Waals surface area contributed by atoms with Crippen LogP contribution in [0.1, 0.15) is 17.9 Å². The number of anilines is 1. The van der Waals surface area contributed by atoms with Gasteiger partial charge >= 0.3 is 5.69 Å². The van der Waals surface area contributed by atoms with Gasteiger partial charge in [-0.1, -0.05) is 23.4 Å². The molecule has 0 spiro atoms. The Hall–Kier alpha value is -3.55. The van der Waals surface area contributed by atoms with Crippen LogP contribution in [-0.4, -0.2) is 33.1 Å². The predicted molar refractivity (Wildman–Crippen MR) is 100 cm³/mol. The summed E-state index contributed by atoms with van der Waals surface area (Å²) in [5, 5.41) is 15.3. The first kappa shape index (κ1) is 16.9. The van der Waals surface area contributed by atoms with Crippen LogP contribution in [0.15, 0.2) is 52.6 Å². The zero-order chi connectivity index (χ0) is 18.8. The van der Waals surface area contributed by atoms with Gasteiger partial charge in [0, 0.05) is 30.4 Å². The largest absolute Gasteiger partial charge is 0.347 e. The molecule has 1 aromatic carbocycles. The number of hydrogen-bond acceptors (Lipinski definition) is 7. The Morgan fingerprint density at radius 1 is 1.19 bits per heavy atom. The van der Waals surface area contributed by atoms with E-state index in [-0.39, 0.29) is 5.69 Å². The minimum Gasteiger partial charge on any atom is -0.347 e. The average molecular weight is 363 g/mol. The standard InChI is InChI=1S/C19H17N5O3/c1-13-7-8-16(24(25)26)18(20-13)23-10-9-14(12-23)11-17-21-19(27-22-17)15-5-3-2-4-6-15/h2-8,11H,9-10,12H2,1H3/b14-11-.